The van der Waals surface area contributed by atoms with Crippen molar-refractivity contribution < 1.29 is 14.3 Å². The first-order valence-electron chi connectivity index (χ1n) is 8.48. The lowest BCUT2D eigenvalue weighted by Crippen LogP contribution is -2.34. The summed E-state index contributed by atoms with van der Waals surface area (Å²) in [5, 5.41) is 0. The second-order valence-corrected chi connectivity index (χ2v) is 6.81. The number of nitrogens with zero attached hydrogens (tertiary/aromatic N) is 1. The van der Waals surface area contributed by atoms with Gasteiger partial charge in [-0.15, -0.1) is 0 Å². The maximum atomic E-state index is 12.5. The molecule has 0 bridgehead atoms. The molecule has 1 aromatic carbocycles. The molecule has 0 radical (unpaired) electrons. The maximum absolute atomic E-state index is 12.5. The third-order valence-electron chi connectivity index (χ3n) is 4.66. The van der Waals surface area contributed by atoms with E-state index in [0.29, 0.717) is 30.9 Å². The monoisotopic (exact) mass is 319 g/mol. The number of amides is 1. The van der Waals surface area contributed by atoms with Crippen molar-refractivity contribution in [3.05, 3.63) is 29.8 Å². The Kier molecular flexibility index (Phi) is 6.46. The molecule has 4 heteroatoms. The number of hydrogen-bond donors (Lipinski definition) is 0. The molecule has 23 heavy (non-hydrogen) atoms. The number of carbonyl (C=O) groups excluding carboxylic acids is 1. The van der Waals surface area contributed by atoms with Crippen molar-refractivity contribution in [2.24, 2.45) is 11.8 Å². The van der Waals surface area contributed by atoms with E-state index in [1.54, 1.807) is 12.0 Å². The number of methoxy groups -OCH3 is 1. The molecule has 0 N–H and O–H groups in total. The fourth-order valence-corrected chi connectivity index (χ4v) is 3.13. The molecule has 0 spiro atoms. The molecule has 1 saturated heterocycles. The van der Waals surface area contributed by atoms with Gasteiger partial charge in [-0.1, -0.05) is 32.0 Å². The van der Waals surface area contributed by atoms with Gasteiger partial charge in [-0.2, -0.15) is 0 Å². The van der Waals surface area contributed by atoms with E-state index in [2.05, 4.69) is 13.8 Å². The first-order valence-corrected chi connectivity index (χ1v) is 8.48. The Morgan fingerprint density at radius 2 is 2.13 bits per heavy atom. The maximum Gasteiger partial charge on any atom is 0.222 e. The molecular weight excluding hydrogens is 290 g/mol. The lowest BCUT2D eigenvalue weighted by atomic mass is 9.88. The van der Waals surface area contributed by atoms with Crippen LogP contribution in [0.1, 0.15) is 38.7 Å². The zero-order chi connectivity index (χ0) is 16.8. The van der Waals surface area contributed by atoms with Crippen molar-refractivity contribution >= 4 is 5.91 Å². The predicted molar refractivity (Wildman–Crippen MR) is 91.4 cm³/mol. The Bertz CT molecular complexity index is 515. The van der Waals surface area contributed by atoms with Crippen molar-refractivity contribution in [2.45, 2.75) is 45.8 Å². The molecule has 0 unspecified atom stereocenters. The Morgan fingerprint density at radius 3 is 2.83 bits per heavy atom. The van der Waals surface area contributed by atoms with E-state index in [1.807, 2.05) is 31.3 Å². The first-order chi connectivity index (χ1) is 11.0. The molecule has 1 aliphatic heterocycles. The number of rotatable bonds is 6. The highest BCUT2D eigenvalue weighted by molar-refractivity contribution is 5.76. The minimum atomic E-state index is 0.199. The summed E-state index contributed by atoms with van der Waals surface area (Å²) in [4.78, 5) is 14.3. The highest BCUT2D eigenvalue weighted by Gasteiger charge is 2.27. The lowest BCUT2D eigenvalue weighted by molar-refractivity contribution is -0.133. The standard InChI is InChI=1S/C19H29NO3/c1-14(2)18-11-15(9-10-23-18)12-19(21)20(3)13-16-7-5-6-8-17(16)22-4/h5-8,14-15,18H,9-13H2,1-4H3/t15-,18-/m1/s1. The van der Waals surface area contributed by atoms with E-state index in [-0.39, 0.29) is 5.91 Å². The van der Waals surface area contributed by atoms with Gasteiger partial charge in [0.1, 0.15) is 5.75 Å². The minimum Gasteiger partial charge on any atom is -0.496 e. The zero-order valence-corrected chi connectivity index (χ0v) is 14.7. The highest BCUT2D eigenvalue weighted by atomic mass is 16.5. The number of hydrogen-bond acceptors (Lipinski definition) is 3. The predicted octanol–water partition coefficient (Wildman–Crippen LogP) is 3.49. The molecule has 1 amide bonds. The first kappa shape index (κ1) is 17.8. The second kappa shape index (κ2) is 8.34. The van der Waals surface area contributed by atoms with Crippen molar-refractivity contribution in [1.29, 1.82) is 0 Å². The molecule has 0 aliphatic carbocycles. The van der Waals surface area contributed by atoms with E-state index in [1.165, 1.54) is 0 Å². The molecule has 1 aliphatic rings. The number of ether oxygens (including phenoxy) is 2. The van der Waals surface area contributed by atoms with Gasteiger partial charge >= 0.3 is 0 Å². The van der Waals surface area contributed by atoms with Crippen LogP contribution in [0.5, 0.6) is 5.75 Å². The Balaban J connectivity index is 1.90. The van der Waals surface area contributed by atoms with Crippen LogP contribution in [-0.4, -0.2) is 37.7 Å². The molecular formula is C19H29NO3. The second-order valence-electron chi connectivity index (χ2n) is 6.81. The van der Waals surface area contributed by atoms with Gasteiger partial charge in [0.2, 0.25) is 5.91 Å². The summed E-state index contributed by atoms with van der Waals surface area (Å²) < 4.78 is 11.2. The summed E-state index contributed by atoms with van der Waals surface area (Å²) in [7, 11) is 3.53. The van der Waals surface area contributed by atoms with Crippen molar-refractivity contribution in [1.82, 2.24) is 4.90 Å². The van der Waals surface area contributed by atoms with Gasteiger partial charge in [0, 0.05) is 32.2 Å². The van der Waals surface area contributed by atoms with Crippen LogP contribution in [0.4, 0.5) is 0 Å². The van der Waals surface area contributed by atoms with E-state index in [4.69, 9.17) is 9.47 Å². The lowest BCUT2D eigenvalue weighted by Gasteiger charge is -2.32. The van der Waals surface area contributed by atoms with Gasteiger partial charge in [-0.05, 0) is 30.7 Å². The van der Waals surface area contributed by atoms with E-state index < -0.39 is 0 Å². The molecule has 4 nitrogen and oxygen atoms in total. The molecule has 1 fully saturated rings. The molecule has 0 aromatic heterocycles. The summed E-state index contributed by atoms with van der Waals surface area (Å²) in [6, 6.07) is 7.85. The third-order valence-corrected chi connectivity index (χ3v) is 4.66. The Hall–Kier alpha value is -1.55. The summed E-state index contributed by atoms with van der Waals surface area (Å²) >= 11 is 0. The third kappa shape index (κ3) is 4.96. The number of benzene rings is 1. The topological polar surface area (TPSA) is 38.8 Å². The average Bonchev–Trinajstić information content (AvgIpc) is 2.55. The molecule has 0 saturated carbocycles. The smallest absolute Gasteiger partial charge is 0.222 e. The van der Waals surface area contributed by atoms with Crippen molar-refractivity contribution in [2.75, 3.05) is 20.8 Å². The quantitative estimate of drug-likeness (QED) is 0.805. The molecule has 1 heterocycles. The SMILES string of the molecule is COc1ccccc1CN(C)C(=O)C[C@@H]1CCO[C@@H](C(C)C)C1. The van der Waals surface area contributed by atoms with Gasteiger partial charge in [0.05, 0.1) is 13.2 Å². The molecule has 2 atom stereocenters. The van der Waals surface area contributed by atoms with Gasteiger partial charge < -0.3 is 14.4 Å². The van der Waals surface area contributed by atoms with Gasteiger partial charge in [-0.25, -0.2) is 0 Å². The summed E-state index contributed by atoms with van der Waals surface area (Å²) in [5.41, 5.74) is 1.04. The van der Waals surface area contributed by atoms with Gasteiger partial charge in [0.15, 0.2) is 0 Å². The van der Waals surface area contributed by atoms with E-state index in [9.17, 15) is 4.79 Å². The minimum absolute atomic E-state index is 0.199. The Morgan fingerprint density at radius 1 is 1.39 bits per heavy atom. The van der Waals surface area contributed by atoms with Crippen LogP contribution in [0.3, 0.4) is 0 Å². The van der Waals surface area contributed by atoms with Crippen molar-refractivity contribution in [3.8, 4) is 5.75 Å². The molecule has 128 valence electrons. The Labute approximate surface area is 139 Å². The van der Waals surface area contributed by atoms with Crippen LogP contribution in [0, 0.1) is 11.8 Å². The molecule has 1 aromatic rings. The van der Waals surface area contributed by atoms with E-state index >= 15 is 0 Å². The highest BCUT2D eigenvalue weighted by Crippen LogP contribution is 2.28. The summed E-state index contributed by atoms with van der Waals surface area (Å²) in [6.07, 6.45) is 2.88. The van der Waals surface area contributed by atoms with Crippen molar-refractivity contribution in [3.63, 3.8) is 0 Å². The summed E-state index contributed by atoms with van der Waals surface area (Å²) in [5.74, 6) is 1.98. The van der Waals surface area contributed by atoms with Crippen LogP contribution in [0.15, 0.2) is 24.3 Å². The van der Waals surface area contributed by atoms with Crippen LogP contribution in [0.2, 0.25) is 0 Å². The van der Waals surface area contributed by atoms with Crippen LogP contribution in [0.25, 0.3) is 0 Å². The average molecular weight is 319 g/mol. The van der Waals surface area contributed by atoms with Crippen LogP contribution < -0.4 is 4.74 Å². The van der Waals surface area contributed by atoms with E-state index in [0.717, 1.165) is 30.8 Å². The number of para-hydroxylation sites is 1. The number of carbonyl (C=O) groups is 1. The van der Waals surface area contributed by atoms with Crippen LogP contribution in [-0.2, 0) is 16.1 Å². The zero-order valence-electron chi connectivity index (χ0n) is 14.7. The fourth-order valence-electron chi connectivity index (χ4n) is 3.13. The largest absolute Gasteiger partial charge is 0.496 e. The summed E-state index contributed by atoms with van der Waals surface area (Å²) in [6.45, 7) is 5.72. The normalized spacial score (nSPS) is 21.3. The molecule has 2 rings (SSSR count). The fraction of sp³-hybridized carbons (Fsp3) is 0.632. The van der Waals surface area contributed by atoms with Crippen LogP contribution >= 0.6 is 0 Å². The van der Waals surface area contributed by atoms with Gasteiger partial charge in [0.25, 0.3) is 0 Å². The van der Waals surface area contributed by atoms with Gasteiger partial charge in [-0.3, -0.25) is 4.79 Å².